The molecule has 1 heterocycles. The van der Waals surface area contributed by atoms with Gasteiger partial charge in [-0.05, 0) is 12.0 Å². The maximum atomic E-state index is 12.4. The van der Waals surface area contributed by atoms with Crippen LogP contribution in [0.1, 0.15) is 6.92 Å². The fourth-order valence-corrected chi connectivity index (χ4v) is 3.84. The Labute approximate surface area is 111 Å². The molecule has 0 radical (unpaired) electrons. The number of benzene rings is 1. The summed E-state index contributed by atoms with van der Waals surface area (Å²) in [4.78, 5) is 9.95. The fraction of sp³-hybridized carbons (Fsp3) is 0.455. The Kier molecular flexibility index (Phi) is 3.57. The van der Waals surface area contributed by atoms with Gasteiger partial charge in [0.15, 0.2) is 4.90 Å². The molecule has 0 bridgehead atoms. The van der Waals surface area contributed by atoms with Crippen LogP contribution in [0.5, 0.6) is 0 Å². The zero-order valence-electron chi connectivity index (χ0n) is 10.4. The van der Waals surface area contributed by atoms with Crippen LogP contribution in [0.25, 0.3) is 0 Å². The molecular weight excluding hydrogens is 270 g/mol. The number of sulfonamides is 1. The van der Waals surface area contributed by atoms with Crippen LogP contribution >= 0.6 is 0 Å². The van der Waals surface area contributed by atoms with E-state index in [1.165, 1.54) is 28.6 Å². The summed E-state index contributed by atoms with van der Waals surface area (Å²) in [6.45, 7) is 2.34. The summed E-state index contributed by atoms with van der Waals surface area (Å²) in [6.07, 6.45) is 0. The predicted molar refractivity (Wildman–Crippen MR) is 69.0 cm³/mol. The Hall–Kier alpha value is -1.51. The van der Waals surface area contributed by atoms with Gasteiger partial charge in [-0.25, -0.2) is 8.42 Å². The summed E-state index contributed by atoms with van der Waals surface area (Å²) in [7, 11) is -3.87. The van der Waals surface area contributed by atoms with Gasteiger partial charge in [0.1, 0.15) is 0 Å². The standard InChI is InChI=1S/C11H15N3O4S/c1-8-6-13(7-9(8)12)19(17,18)11-5-3-2-4-10(11)14(15)16/h2-5,8-9H,6-7,12H2,1H3. The van der Waals surface area contributed by atoms with E-state index < -0.39 is 20.6 Å². The number of nitro benzene ring substituents is 1. The van der Waals surface area contributed by atoms with Crippen LogP contribution < -0.4 is 5.73 Å². The number of nitrogens with zero attached hydrogens (tertiary/aromatic N) is 2. The first-order valence-corrected chi connectivity index (χ1v) is 7.27. The van der Waals surface area contributed by atoms with Crippen molar-refractivity contribution in [3.8, 4) is 0 Å². The van der Waals surface area contributed by atoms with Crippen LogP contribution in [0.4, 0.5) is 5.69 Å². The van der Waals surface area contributed by atoms with Crippen molar-refractivity contribution in [2.45, 2.75) is 17.9 Å². The summed E-state index contributed by atoms with van der Waals surface area (Å²) in [5.41, 5.74) is 5.39. The minimum atomic E-state index is -3.87. The topological polar surface area (TPSA) is 107 Å². The smallest absolute Gasteiger partial charge is 0.289 e. The molecule has 0 aromatic heterocycles. The van der Waals surface area contributed by atoms with Gasteiger partial charge in [-0.1, -0.05) is 19.1 Å². The van der Waals surface area contributed by atoms with Crippen molar-refractivity contribution in [2.75, 3.05) is 13.1 Å². The third-order valence-electron chi connectivity index (χ3n) is 3.32. The molecule has 1 saturated heterocycles. The first kappa shape index (κ1) is 13.9. The number of nitrogens with two attached hydrogens (primary N) is 1. The summed E-state index contributed by atoms with van der Waals surface area (Å²) < 4.78 is 26.0. The van der Waals surface area contributed by atoms with Gasteiger partial charge in [0, 0.05) is 25.2 Å². The van der Waals surface area contributed by atoms with Crippen molar-refractivity contribution in [3.63, 3.8) is 0 Å². The van der Waals surface area contributed by atoms with Crippen molar-refractivity contribution in [1.82, 2.24) is 4.31 Å². The first-order valence-electron chi connectivity index (χ1n) is 5.83. The van der Waals surface area contributed by atoms with Crippen LogP contribution in [-0.2, 0) is 10.0 Å². The van der Waals surface area contributed by atoms with Gasteiger partial charge in [0.2, 0.25) is 10.0 Å². The molecule has 0 amide bonds. The van der Waals surface area contributed by atoms with Gasteiger partial charge in [-0.3, -0.25) is 10.1 Å². The van der Waals surface area contributed by atoms with E-state index >= 15 is 0 Å². The zero-order valence-corrected chi connectivity index (χ0v) is 11.2. The monoisotopic (exact) mass is 285 g/mol. The van der Waals surface area contributed by atoms with Gasteiger partial charge in [-0.2, -0.15) is 4.31 Å². The molecule has 7 nitrogen and oxygen atoms in total. The molecule has 8 heteroatoms. The Morgan fingerprint density at radius 3 is 2.53 bits per heavy atom. The Bertz CT molecular complexity index is 592. The molecule has 1 aliphatic rings. The van der Waals surface area contributed by atoms with E-state index in [4.69, 9.17) is 5.73 Å². The van der Waals surface area contributed by atoms with Gasteiger partial charge in [0.25, 0.3) is 5.69 Å². The molecular formula is C11H15N3O4S. The van der Waals surface area contributed by atoms with Crippen LogP contribution in [0.2, 0.25) is 0 Å². The van der Waals surface area contributed by atoms with Crippen LogP contribution in [0.3, 0.4) is 0 Å². The average Bonchev–Trinajstić information content (AvgIpc) is 2.70. The summed E-state index contributed by atoms with van der Waals surface area (Å²) in [5.74, 6) is 0.0394. The van der Waals surface area contributed by atoms with E-state index in [-0.39, 0.29) is 29.9 Å². The van der Waals surface area contributed by atoms with Crippen molar-refractivity contribution < 1.29 is 13.3 Å². The minimum Gasteiger partial charge on any atom is -0.326 e. The lowest BCUT2D eigenvalue weighted by molar-refractivity contribution is -0.387. The van der Waals surface area contributed by atoms with Crippen molar-refractivity contribution >= 4 is 15.7 Å². The molecule has 2 unspecified atom stereocenters. The van der Waals surface area contributed by atoms with E-state index in [2.05, 4.69) is 0 Å². The van der Waals surface area contributed by atoms with E-state index in [1.54, 1.807) is 0 Å². The van der Waals surface area contributed by atoms with Crippen LogP contribution in [0.15, 0.2) is 29.2 Å². The number of para-hydroxylation sites is 1. The van der Waals surface area contributed by atoms with Crippen LogP contribution in [-0.4, -0.2) is 36.8 Å². The van der Waals surface area contributed by atoms with Crippen molar-refractivity contribution in [2.24, 2.45) is 11.7 Å². The van der Waals surface area contributed by atoms with E-state index in [1.807, 2.05) is 6.92 Å². The maximum Gasteiger partial charge on any atom is 0.289 e. The summed E-state index contributed by atoms with van der Waals surface area (Å²) >= 11 is 0. The predicted octanol–water partition coefficient (Wildman–Crippen LogP) is 0.563. The van der Waals surface area contributed by atoms with Crippen molar-refractivity contribution in [1.29, 1.82) is 0 Å². The molecule has 2 atom stereocenters. The second kappa shape index (κ2) is 4.87. The van der Waals surface area contributed by atoms with Gasteiger partial charge in [0.05, 0.1) is 4.92 Å². The highest BCUT2D eigenvalue weighted by molar-refractivity contribution is 7.89. The molecule has 1 aromatic carbocycles. The highest BCUT2D eigenvalue weighted by Gasteiger charge is 2.38. The summed E-state index contributed by atoms with van der Waals surface area (Å²) in [5, 5.41) is 10.9. The largest absolute Gasteiger partial charge is 0.326 e. The lowest BCUT2D eigenvalue weighted by Gasteiger charge is -2.15. The van der Waals surface area contributed by atoms with Gasteiger partial charge in [-0.15, -0.1) is 0 Å². The molecule has 1 fully saturated rings. The highest BCUT2D eigenvalue weighted by Crippen LogP contribution is 2.29. The van der Waals surface area contributed by atoms with Crippen molar-refractivity contribution in [3.05, 3.63) is 34.4 Å². The molecule has 2 rings (SSSR count). The SMILES string of the molecule is CC1CN(S(=O)(=O)c2ccccc2[N+](=O)[O-])CC1N. The lowest BCUT2D eigenvalue weighted by atomic mass is 10.1. The quantitative estimate of drug-likeness (QED) is 0.645. The average molecular weight is 285 g/mol. The normalized spacial score (nSPS) is 24.5. The second-order valence-corrected chi connectivity index (χ2v) is 6.59. The molecule has 0 spiro atoms. The van der Waals surface area contributed by atoms with Crippen LogP contribution in [0, 0.1) is 16.0 Å². The second-order valence-electron chi connectivity index (χ2n) is 4.69. The first-order chi connectivity index (χ1) is 8.84. The lowest BCUT2D eigenvalue weighted by Crippen LogP contribution is -2.32. The molecule has 104 valence electrons. The van der Waals surface area contributed by atoms with E-state index in [0.717, 1.165) is 0 Å². The Morgan fingerprint density at radius 1 is 1.37 bits per heavy atom. The number of hydrogen-bond donors (Lipinski definition) is 1. The third kappa shape index (κ3) is 2.46. The van der Waals surface area contributed by atoms with E-state index in [0.29, 0.717) is 0 Å². The molecule has 0 saturated carbocycles. The molecule has 19 heavy (non-hydrogen) atoms. The number of hydrogen-bond acceptors (Lipinski definition) is 5. The third-order valence-corrected chi connectivity index (χ3v) is 5.20. The molecule has 1 aliphatic heterocycles. The number of rotatable bonds is 3. The molecule has 1 aromatic rings. The Balaban J connectivity index is 2.44. The van der Waals surface area contributed by atoms with Gasteiger partial charge >= 0.3 is 0 Å². The van der Waals surface area contributed by atoms with E-state index in [9.17, 15) is 18.5 Å². The zero-order chi connectivity index (χ0) is 14.2. The maximum absolute atomic E-state index is 12.4. The minimum absolute atomic E-state index is 0.0394. The molecule has 0 aliphatic carbocycles. The Morgan fingerprint density at radius 2 is 2.00 bits per heavy atom. The molecule has 2 N–H and O–H groups in total. The summed E-state index contributed by atoms with van der Waals surface area (Å²) in [6, 6.07) is 5.11. The highest BCUT2D eigenvalue weighted by atomic mass is 32.2. The van der Waals surface area contributed by atoms with Gasteiger partial charge < -0.3 is 5.73 Å². The fourth-order valence-electron chi connectivity index (χ4n) is 2.11. The number of nitro groups is 1.